The molecular weight excluding hydrogens is 302 g/mol. The van der Waals surface area contributed by atoms with E-state index in [9.17, 15) is 17.6 Å². The zero-order valence-electron chi connectivity index (χ0n) is 10.9. The fraction of sp³-hybridized carbons (Fsp3) is 0.500. The van der Waals surface area contributed by atoms with Gasteiger partial charge < -0.3 is 15.6 Å². The minimum Gasteiger partial charge on any atom is -0.403 e. The highest BCUT2D eigenvalue weighted by Crippen LogP contribution is 2.33. The van der Waals surface area contributed by atoms with Gasteiger partial charge in [-0.3, -0.25) is 0 Å². The molecule has 1 atom stereocenters. The van der Waals surface area contributed by atoms with Crippen molar-refractivity contribution in [3.05, 3.63) is 29.6 Å². The third-order valence-electron chi connectivity index (χ3n) is 2.79. The highest BCUT2D eigenvalue weighted by atomic mass is 35.5. The third kappa shape index (κ3) is 4.81. The van der Waals surface area contributed by atoms with Crippen LogP contribution in [0.1, 0.15) is 25.5 Å². The molecule has 8 heteroatoms. The van der Waals surface area contributed by atoms with Crippen LogP contribution in [0.4, 0.5) is 17.6 Å². The molecule has 0 unspecified atom stereocenters. The second kappa shape index (κ2) is 6.60. The van der Waals surface area contributed by atoms with Crippen LogP contribution in [0.5, 0.6) is 5.75 Å². The minimum absolute atomic E-state index is 0. The lowest BCUT2D eigenvalue weighted by Crippen LogP contribution is -2.32. The van der Waals surface area contributed by atoms with Crippen LogP contribution in [0.2, 0.25) is 0 Å². The lowest BCUT2D eigenvalue weighted by atomic mass is 9.82. The van der Waals surface area contributed by atoms with E-state index in [0.29, 0.717) is 0 Å². The van der Waals surface area contributed by atoms with Crippen molar-refractivity contribution in [1.29, 1.82) is 0 Å². The number of halogens is 5. The number of aliphatic hydroxyl groups is 1. The summed E-state index contributed by atoms with van der Waals surface area (Å²) in [6.07, 6.45) is -4.95. The van der Waals surface area contributed by atoms with Gasteiger partial charge in [-0.05, 0) is 17.7 Å². The summed E-state index contributed by atoms with van der Waals surface area (Å²) < 4.78 is 52.9. The van der Waals surface area contributed by atoms with Gasteiger partial charge in [0.05, 0.1) is 0 Å². The van der Waals surface area contributed by atoms with E-state index in [2.05, 4.69) is 4.74 Å². The van der Waals surface area contributed by atoms with E-state index in [0.717, 1.165) is 12.1 Å². The van der Waals surface area contributed by atoms with Crippen molar-refractivity contribution in [1.82, 2.24) is 0 Å². The molecule has 0 saturated heterocycles. The van der Waals surface area contributed by atoms with Gasteiger partial charge >= 0.3 is 6.36 Å². The van der Waals surface area contributed by atoms with E-state index in [-0.39, 0.29) is 24.6 Å². The minimum atomic E-state index is -4.95. The van der Waals surface area contributed by atoms with Crippen molar-refractivity contribution >= 4 is 12.4 Å². The molecule has 0 heterocycles. The van der Waals surface area contributed by atoms with E-state index in [1.165, 1.54) is 6.07 Å². The Labute approximate surface area is 120 Å². The molecule has 1 aromatic rings. The number of rotatable bonds is 4. The van der Waals surface area contributed by atoms with Gasteiger partial charge in [-0.15, -0.1) is 25.6 Å². The van der Waals surface area contributed by atoms with Crippen molar-refractivity contribution in [2.45, 2.75) is 26.3 Å². The van der Waals surface area contributed by atoms with Crippen molar-refractivity contribution < 1.29 is 27.4 Å². The number of aliphatic hydroxyl groups excluding tert-OH is 1. The maximum absolute atomic E-state index is 13.5. The summed E-state index contributed by atoms with van der Waals surface area (Å²) in [4.78, 5) is 0. The highest BCUT2D eigenvalue weighted by Gasteiger charge is 2.33. The molecule has 0 spiro atoms. The summed E-state index contributed by atoms with van der Waals surface area (Å²) in [6.45, 7) is 3.09. The molecule has 0 aliphatic heterocycles. The standard InChI is InChI=1S/C12H15F4NO2.ClH/c1-11(2,6-18)10(17)7-3-4-9(8(13)5-7)19-12(14,15)16;/h3-5,10,18H,6,17H2,1-2H3;1H/t10-;/m1./s1. The maximum Gasteiger partial charge on any atom is 0.573 e. The quantitative estimate of drug-likeness (QED) is 0.839. The summed E-state index contributed by atoms with van der Waals surface area (Å²) in [7, 11) is 0. The van der Waals surface area contributed by atoms with Crippen LogP contribution in [0.3, 0.4) is 0 Å². The van der Waals surface area contributed by atoms with Gasteiger partial charge in [0.15, 0.2) is 11.6 Å². The SMILES string of the molecule is CC(C)(CO)[C@H](N)c1ccc(OC(F)(F)F)c(F)c1.Cl. The van der Waals surface area contributed by atoms with Gasteiger partial charge in [0.25, 0.3) is 0 Å². The van der Waals surface area contributed by atoms with Gasteiger partial charge in [-0.1, -0.05) is 19.9 Å². The molecule has 0 radical (unpaired) electrons. The van der Waals surface area contributed by atoms with Gasteiger partial charge in [0.1, 0.15) is 0 Å². The highest BCUT2D eigenvalue weighted by molar-refractivity contribution is 5.85. The number of hydrogen-bond donors (Lipinski definition) is 2. The summed E-state index contributed by atoms with van der Waals surface area (Å²) in [5.41, 5.74) is 5.40. The predicted molar refractivity (Wildman–Crippen MR) is 68.1 cm³/mol. The average molecular weight is 318 g/mol. The number of benzene rings is 1. The Balaban J connectivity index is 0.00000361. The Kier molecular flexibility index (Phi) is 6.25. The molecule has 1 rings (SSSR count). The molecule has 0 aromatic heterocycles. The van der Waals surface area contributed by atoms with Crippen molar-refractivity contribution in [3.8, 4) is 5.75 Å². The first-order valence-corrected chi connectivity index (χ1v) is 5.48. The molecule has 116 valence electrons. The molecule has 1 aromatic carbocycles. The van der Waals surface area contributed by atoms with E-state index in [1.54, 1.807) is 13.8 Å². The Morgan fingerprint density at radius 2 is 1.85 bits per heavy atom. The molecule has 0 bridgehead atoms. The first kappa shape index (κ1) is 18.9. The van der Waals surface area contributed by atoms with E-state index < -0.39 is 29.4 Å². The zero-order chi connectivity index (χ0) is 14.8. The van der Waals surface area contributed by atoms with Gasteiger partial charge in [-0.25, -0.2) is 4.39 Å². The second-order valence-electron chi connectivity index (χ2n) is 4.86. The third-order valence-corrected chi connectivity index (χ3v) is 2.79. The maximum atomic E-state index is 13.5. The molecule has 0 aliphatic carbocycles. The zero-order valence-corrected chi connectivity index (χ0v) is 11.7. The Bertz CT molecular complexity index is 452. The molecule has 3 N–H and O–H groups in total. The predicted octanol–water partition coefficient (Wildman–Crippen LogP) is 3.16. The molecule has 0 amide bonds. The first-order valence-electron chi connectivity index (χ1n) is 5.48. The van der Waals surface area contributed by atoms with Crippen LogP contribution in [0.25, 0.3) is 0 Å². The molecule has 3 nitrogen and oxygen atoms in total. The van der Waals surface area contributed by atoms with Crippen LogP contribution >= 0.6 is 12.4 Å². The molecule has 0 saturated carbocycles. The van der Waals surface area contributed by atoms with Crippen LogP contribution in [0.15, 0.2) is 18.2 Å². The average Bonchev–Trinajstić information content (AvgIpc) is 2.29. The number of hydrogen-bond acceptors (Lipinski definition) is 3. The van der Waals surface area contributed by atoms with Crippen LogP contribution in [-0.2, 0) is 0 Å². The number of ether oxygens (including phenoxy) is 1. The number of alkyl halides is 3. The lowest BCUT2D eigenvalue weighted by Gasteiger charge is -2.29. The number of nitrogens with two attached hydrogens (primary N) is 1. The summed E-state index contributed by atoms with van der Waals surface area (Å²) in [5, 5.41) is 9.16. The summed E-state index contributed by atoms with van der Waals surface area (Å²) in [5.74, 6) is -2.07. The monoisotopic (exact) mass is 317 g/mol. The molecule has 0 aliphatic rings. The van der Waals surface area contributed by atoms with Crippen molar-refractivity contribution in [2.24, 2.45) is 11.1 Å². The Morgan fingerprint density at radius 3 is 2.25 bits per heavy atom. The first-order chi connectivity index (χ1) is 8.57. The molecular formula is C12H16ClF4NO2. The van der Waals surface area contributed by atoms with Crippen molar-refractivity contribution in [2.75, 3.05) is 6.61 Å². The molecule has 20 heavy (non-hydrogen) atoms. The largest absolute Gasteiger partial charge is 0.573 e. The topological polar surface area (TPSA) is 55.5 Å². The lowest BCUT2D eigenvalue weighted by molar-refractivity contribution is -0.275. The van der Waals surface area contributed by atoms with Crippen LogP contribution in [-0.4, -0.2) is 18.1 Å². The van der Waals surface area contributed by atoms with E-state index >= 15 is 0 Å². The smallest absolute Gasteiger partial charge is 0.403 e. The Morgan fingerprint density at radius 1 is 1.30 bits per heavy atom. The van der Waals surface area contributed by atoms with Gasteiger partial charge in [0.2, 0.25) is 0 Å². The van der Waals surface area contributed by atoms with Gasteiger partial charge in [-0.2, -0.15) is 0 Å². The van der Waals surface area contributed by atoms with Gasteiger partial charge in [0, 0.05) is 18.1 Å². The fourth-order valence-corrected chi connectivity index (χ4v) is 1.47. The fourth-order valence-electron chi connectivity index (χ4n) is 1.47. The summed E-state index contributed by atoms with van der Waals surface area (Å²) >= 11 is 0. The van der Waals surface area contributed by atoms with Crippen LogP contribution < -0.4 is 10.5 Å². The summed E-state index contributed by atoms with van der Waals surface area (Å²) in [6, 6.07) is 2.27. The van der Waals surface area contributed by atoms with Crippen LogP contribution in [0, 0.1) is 11.2 Å². The normalized spacial score (nSPS) is 13.6. The van der Waals surface area contributed by atoms with Crippen molar-refractivity contribution in [3.63, 3.8) is 0 Å². The van der Waals surface area contributed by atoms with E-state index in [4.69, 9.17) is 10.8 Å². The second-order valence-corrected chi connectivity index (χ2v) is 4.86. The Hall–Kier alpha value is -1.05. The van der Waals surface area contributed by atoms with E-state index in [1.807, 2.05) is 0 Å². The molecule has 0 fully saturated rings.